The molecule has 0 saturated heterocycles. The van der Waals surface area contributed by atoms with Crippen LogP contribution in [-0.4, -0.2) is 54.3 Å². The summed E-state index contributed by atoms with van der Waals surface area (Å²) in [4.78, 5) is 0. The summed E-state index contributed by atoms with van der Waals surface area (Å²) in [6.07, 6.45) is 9.19. The smallest absolute Gasteiger partial charge is 1.00 e. The predicted molar refractivity (Wildman–Crippen MR) is 97.4 cm³/mol. The van der Waals surface area contributed by atoms with Crippen LogP contribution in [0.5, 0.6) is 0 Å². The number of hydrogen-bond donors (Lipinski definition) is 1. The Labute approximate surface area is 157 Å². The first kappa shape index (κ1) is 24.9. The van der Waals surface area contributed by atoms with Gasteiger partial charge >= 0.3 is 23.1 Å². The van der Waals surface area contributed by atoms with Gasteiger partial charge < -0.3 is 17.4 Å². The SMILES string of the molecule is CCCCC(CC)COC(CO)OCC(CC)CCCC.[H-].[H-].[Mg+2]. The van der Waals surface area contributed by atoms with Gasteiger partial charge in [-0.2, -0.15) is 0 Å². The molecule has 0 radical (unpaired) electrons. The summed E-state index contributed by atoms with van der Waals surface area (Å²) in [6.45, 7) is 10.2. The van der Waals surface area contributed by atoms with Gasteiger partial charge in [0, 0.05) is 0 Å². The van der Waals surface area contributed by atoms with E-state index in [1.807, 2.05) is 0 Å². The molecule has 0 aliphatic rings. The van der Waals surface area contributed by atoms with Crippen LogP contribution in [0.4, 0.5) is 0 Å². The third-order valence-electron chi connectivity index (χ3n) is 4.27. The molecule has 0 saturated carbocycles. The van der Waals surface area contributed by atoms with Crippen molar-refractivity contribution in [3.05, 3.63) is 0 Å². The number of ether oxygens (including phenoxy) is 2. The number of aliphatic hydroxyl groups is 1. The van der Waals surface area contributed by atoms with Crippen LogP contribution >= 0.6 is 0 Å². The maximum absolute atomic E-state index is 9.40. The topological polar surface area (TPSA) is 38.7 Å². The predicted octanol–water partition coefficient (Wildman–Crippen LogP) is 4.62. The Bertz CT molecular complexity index is 204. The van der Waals surface area contributed by atoms with Crippen LogP contribution in [0.1, 0.15) is 81.9 Å². The Morgan fingerprint density at radius 1 is 0.818 bits per heavy atom. The summed E-state index contributed by atoms with van der Waals surface area (Å²) in [7, 11) is 0. The molecule has 22 heavy (non-hydrogen) atoms. The van der Waals surface area contributed by atoms with Gasteiger partial charge in [-0.15, -0.1) is 0 Å². The zero-order chi connectivity index (χ0) is 15.9. The molecule has 0 aromatic rings. The molecule has 2 unspecified atom stereocenters. The molecule has 0 aromatic heterocycles. The monoisotopic (exact) mass is 328 g/mol. The minimum absolute atomic E-state index is 0. The van der Waals surface area contributed by atoms with Crippen LogP contribution in [0.2, 0.25) is 0 Å². The second-order valence-electron chi connectivity index (χ2n) is 6.11. The van der Waals surface area contributed by atoms with Gasteiger partial charge in [0.2, 0.25) is 0 Å². The normalized spacial score (nSPS) is 15.1. The third kappa shape index (κ3) is 13.1. The van der Waals surface area contributed by atoms with Crippen molar-refractivity contribution in [2.24, 2.45) is 11.8 Å². The Morgan fingerprint density at radius 2 is 1.23 bits per heavy atom. The van der Waals surface area contributed by atoms with E-state index in [1.165, 1.54) is 38.5 Å². The van der Waals surface area contributed by atoms with Crippen LogP contribution in [0.3, 0.4) is 0 Å². The Balaban J connectivity index is -0.000000667. The molecular formula is C18H40MgO3. The van der Waals surface area contributed by atoms with Crippen molar-refractivity contribution >= 4 is 23.1 Å². The number of hydrogen-bond acceptors (Lipinski definition) is 3. The van der Waals surface area contributed by atoms with Crippen molar-refractivity contribution < 1.29 is 17.4 Å². The van der Waals surface area contributed by atoms with Crippen molar-refractivity contribution in [3.8, 4) is 0 Å². The van der Waals surface area contributed by atoms with E-state index in [0.717, 1.165) is 12.8 Å². The molecule has 1 N–H and O–H groups in total. The number of rotatable bonds is 15. The molecular weight excluding hydrogens is 288 g/mol. The van der Waals surface area contributed by atoms with E-state index in [0.29, 0.717) is 25.0 Å². The Morgan fingerprint density at radius 3 is 1.50 bits per heavy atom. The van der Waals surface area contributed by atoms with Crippen molar-refractivity contribution in [2.45, 2.75) is 85.4 Å². The molecule has 0 aliphatic carbocycles. The van der Waals surface area contributed by atoms with Crippen LogP contribution in [0.25, 0.3) is 0 Å². The second-order valence-corrected chi connectivity index (χ2v) is 6.11. The van der Waals surface area contributed by atoms with E-state index in [4.69, 9.17) is 9.47 Å². The second kappa shape index (κ2) is 18.0. The number of unbranched alkanes of at least 4 members (excludes halogenated alkanes) is 2. The zero-order valence-corrected chi connectivity index (χ0v) is 16.9. The molecule has 0 rings (SSSR count). The maximum atomic E-state index is 9.40. The first-order valence-electron chi connectivity index (χ1n) is 9.05. The van der Waals surface area contributed by atoms with Gasteiger partial charge in [0.05, 0.1) is 19.8 Å². The van der Waals surface area contributed by atoms with Gasteiger partial charge in [0.25, 0.3) is 0 Å². The quantitative estimate of drug-likeness (QED) is 0.352. The largest absolute Gasteiger partial charge is 2.00 e. The molecule has 132 valence electrons. The van der Waals surface area contributed by atoms with Gasteiger partial charge in [-0.05, 0) is 24.7 Å². The van der Waals surface area contributed by atoms with Crippen molar-refractivity contribution in [2.75, 3.05) is 19.8 Å². The number of aliphatic hydroxyl groups excluding tert-OH is 1. The summed E-state index contributed by atoms with van der Waals surface area (Å²) in [5, 5.41) is 9.40. The van der Waals surface area contributed by atoms with Crippen LogP contribution in [-0.2, 0) is 9.47 Å². The van der Waals surface area contributed by atoms with E-state index in [1.54, 1.807) is 0 Å². The summed E-state index contributed by atoms with van der Waals surface area (Å²) < 4.78 is 11.5. The van der Waals surface area contributed by atoms with E-state index < -0.39 is 6.29 Å². The molecule has 0 heterocycles. The summed E-state index contributed by atoms with van der Waals surface area (Å²) in [5.74, 6) is 1.18. The van der Waals surface area contributed by atoms with Crippen molar-refractivity contribution in [1.29, 1.82) is 0 Å². The van der Waals surface area contributed by atoms with E-state index in [-0.39, 0.29) is 32.5 Å². The van der Waals surface area contributed by atoms with E-state index in [2.05, 4.69) is 27.7 Å². The summed E-state index contributed by atoms with van der Waals surface area (Å²) >= 11 is 0. The van der Waals surface area contributed by atoms with Crippen LogP contribution in [0, 0.1) is 11.8 Å². The first-order chi connectivity index (χ1) is 10.2. The molecule has 0 bridgehead atoms. The van der Waals surface area contributed by atoms with E-state index >= 15 is 0 Å². The first-order valence-corrected chi connectivity index (χ1v) is 9.05. The molecule has 0 aliphatic heterocycles. The van der Waals surface area contributed by atoms with E-state index in [9.17, 15) is 5.11 Å². The van der Waals surface area contributed by atoms with Crippen molar-refractivity contribution in [1.82, 2.24) is 0 Å². The third-order valence-corrected chi connectivity index (χ3v) is 4.27. The zero-order valence-electron chi connectivity index (χ0n) is 17.5. The summed E-state index contributed by atoms with van der Waals surface area (Å²) in [6, 6.07) is 0. The fourth-order valence-electron chi connectivity index (χ4n) is 2.44. The maximum Gasteiger partial charge on any atom is 2.00 e. The molecule has 0 aromatic carbocycles. The van der Waals surface area contributed by atoms with Gasteiger partial charge in [-0.1, -0.05) is 66.2 Å². The molecule has 3 nitrogen and oxygen atoms in total. The molecule has 2 atom stereocenters. The van der Waals surface area contributed by atoms with Gasteiger partial charge in [-0.3, -0.25) is 0 Å². The van der Waals surface area contributed by atoms with Gasteiger partial charge in [-0.25, -0.2) is 0 Å². The van der Waals surface area contributed by atoms with Gasteiger partial charge in [0.1, 0.15) is 0 Å². The average molecular weight is 329 g/mol. The molecule has 0 amide bonds. The molecule has 0 fully saturated rings. The minimum Gasteiger partial charge on any atom is -1.00 e. The minimum atomic E-state index is -0.448. The fraction of sp³-hybridized carbons (Fsp3) is 1.00. The Hall–Kier alpha value is 0.646. The molecule has 0 spiro atoms. The van der Waals surface area contributed by atoms with Crippen LogP contribution in [0.15, 0.2) is 0 Å². The molecule has 4 heteroatoms. The standard InChI is InChI=1S/C18H38O3.Mg.2H/c1-5-9-11-16(7-3)14-20-18(13-19)21-15-17(8-4)12-10-6-2;;;/h16-19H,5-15H2,1-4H3;;;/q;+2;2*-1. The summed E-state index contributed by atoms with van der Waals surface area (Å²) in [5.41, 5.74) is 0. The van der Waals surface area contributed by atoms with Crippen LogP contribution < -0.4 is 0 Å². The average Bonchev–Trinajstić information content (AvgIpc) is 2.52. The fourth-order valence-corrected chi connectivity index (χ4v) is 2.44. The van der Waals surface area contributed by atoms with Crippen molar-refractivity contribution in [3.63, 3.8) is 0 Å². The van der Waals surface area contributed by atoms with Gasteiger partial charge in [0.15, 0.2) is 6.29 Å². The Kier molecular flexibility index (Phi) is 20.4.